The van der Waals surface area contributed by atoms with Gasteiger partial charge in [-0.15, -0.1) is 5.10 Å². The summed E-state index contributed by atoms with van der Waals surface area (Å²) in [6.07, 6.45) is 3.92. The minimum absolute atomic E-state index is 0.729. The predicted octanol–water partition coefficient (Wildman–Crippen LogP) is 3.17. The van der Waals surface area contributed by atoms with Crippen LogP contribution in [0.3, 0.4) is 0 Å². The number of quaternary nitrogens is 1. The summed E-state index contributed by atoms with van der Waals surface area (Å²) in [4.78, 5) is 1.55. The number of hydrogen-bond acceptors (Lipinski definition) is 3. The summed E-state index contributed by atoms with van der Waals surface area (Å²) in [6.45, 7) is 3.21. The Balaban J connectivity index is 1.71. The molecule has 0 unspecified atom stereocenters. The molecule has 0 aliphatic carbocycles. The normalized spacial score (nSPS) is 15.1. The molecule has 2 N–H and O–H groups in total. The molecule has 1 aliphatic heterocycles. The molecule has 2 heterocycles. The molecule has 0 amide bonds. The Morgan fingerprint density at radius 2 is 1.58 bits per heavy atom. The van der Waals surface area contributed by atoms with Gasteiger partial charge in [0.25, 0.3) is 0 Å². The van der Waals surface area contributed by atoms with E-state index in [4.69, 9.17) is 17.3 Å². The van der Waals surface area contributed by atoms with Crippen LogP contribution < -0.4 is 10.2 Å². The molecule has 134 valence electrons. The van der Waals surface area contributed by atoms with Gasteiger partial charge in [0.15, 0.2) is 6.67 Å². The zero-order chi connectivity index (χ0) is 17.8. The molecule has 1 fully saturated rings. The number of benzene rings is 2. The molecule has 0 atom stereocenters. The Morgan fingerprint density at radius 3 is 2.27 bits per heavy atom. The van der Waals surface area contributed by atoms with E-state index in [9.17, 15) is 0 Å². The molecule has 4 rings (SSSR count). The largest absolute Gasteiger partial charge is 0.324 e. The second-order valence-electron chi connectivity index (χ2n) is 6.74. The van der Waals surface area contributed by atoms with Crippen molar-refractivity contribution >= 4 is 23.9 Å². The van der Waals surface area contributed by atoms with Gasteiger partial charge in [-0.2, -0.15) is 4.68 Å². The summed E-state index contributed by atoms with van der Waals surface area (Å²) >= 11 is 5.79. The number of hydrogen-bond donors (Lipinski definition) is 2. The first kappa shape index (κ1) is 17.0. The predicted molar refractivity (Wildman–Crippen MR) is 107 cm³/mol. The fourth-order valence-corrected chi connectivity index (χ4v) is 3.77. The van der Waals surface area contributed by atoms with Crippen molar-refractivity contribution in [2.75, 3.05) is 18.4 Å². The number of nitrogens with one attached hydrogen (secondary N) is 2. The van der Waals surface area contributed by atoms with Gasteiger partial charge in [0, 0.05) is 5.69 Å². The monoisotopic (exact) mass is 366 g/mol. The number of likely N-dealkylation sites (tertiary alicyclic amines) is 1. The van der Waals surface area contributed by atoms with Gasteiger partial charge in [0.05, 0.1) is 18.8 Å². The lowest BCUT2D eigenvalue weighted by atomic mass is 10.1. The maximum absolute atomic E-state index is 5.79. The lowest BCUT2D eigenvalue weighted by Gasteiger charge is -2.22. The van der Waals surface area contributed by atoms with Crippen molar-refractivity contribution in [2.45, 2.75) is 25.9 Å². The minimum atomic E-state index is 0.729. The van der Waals surface area contributed by atoms with E-state index in [0.717, 1.165) is 28.8 Å². The van der Waals surface area contributed by atoms with Gasteiger partial charge in [-0.1, -0.05) is 36.4 Å². The summed E-state index contributed by atoms with van der Waals surface area (Å²) in [5.74, 6) is 0.754. The van der Waals surface area contributed by atoms with Crippen LogP contribution in [0.15, 0.2) is 60.7 Å². The van der Waals surface area contributed by atoms with Crippen molar-refractivity contribution in [3.8, 4) is 5.69 Å². The quantitative estimate of drug-likeness (QED) is 0.682. The number of rotatable bonds is 5. The van der Waals surface area contributed by atoms with Gasteiger partial charge in [0.1, 0.15) is 0 Å². The van der Waals surface area contributed by atoms with Crippen LogP contribution in [0.2, 0.25) is 0 Å². The molecule has 1 saturated heterocycles. The first-order valence-corrected chi connectivity index (χ1v) is 9.63. The highest BCUT2D eigenvalue weighted by Crippen LogP contribution is 2.20. The first-order chi connectivity index (χ1) is 12.8. The summed E-state index contributed by atoms with van der Waals surface area (Å²) in [5.41, 5.74) is 2.03. The average Bonchev–Trinajstić information content (AvgIpc) is 2.99. The van der Waals surface area contributed by atoms with E-state index in [1.54, 1.807) is 4.90 Å². The zero-order valence-corrected chi connectivity index (χ0v) is 15.6. The molecular weight excluding hydrogens is 342 g/mol. The van der Waals surface area contributed by atoms with Crippen molar-refractivity contribution in [3.63, 3.8) is 0 Å². The highest BCUT2D eigenvalue weighted by molar-refractivity contribution is 7.71. The van der Waals surface area contributed by atoms with Crippen LogP contribution in [0.1, 0.15) is 19.3 Å². The Bertz CT molecular complexity index is 895. The first-order valence-electron chi connectivity index (χ1n) is 9.22. The number of aromatic nitrogens is 3. The fraction of sp³-hybridized carbons (Fsp3) is 0.300. The SMILES string of the molecule is S=c1n(C[NH+]2CCCCC2)nc(Nc2ccccc2)n1-c1ccccc1. The van der Waals surface area contributed by atoms with Crippen LogP contribution in [0.4, 0.5) is 11.6 Å². The van der Waals surface area contributed by atoms with E-state index >= 15 is 0 Å². The fourth-order valence-electron chi connectivity index (χ4n) is 3.47. The average molecular weight is 367 g/mol. The molecule has 0 saturated carbocycles. The summed E-state index contributed by atoms with van der Waals surface area (Å²) < 4.78 is 4.72. The third-order valence-corrected chi connectivity index (χ3v) is 5.21. The number of piperidine rings is 1. The lowest BCUT2D eigenvalue weighted by Crippen LogP contribution is -3.12. The molecule has 1 aliphatic rings. The van der Waals surface area contributed by atoms with Crippen molar-refractivity contribution in [1.82, 2.24) is 14.3 Å². The van der Waals surface area contributed by atoms with Crippen molar-refractivity contribution in [3.05, 3.63) is 65.4 Å². The molecule has 3 aromatic rings. The third-order valence-electron chi connectivity index (χ3n) is 4.82. The lowest BCUT2D eigenvalue weighted by molar-refractivity contribution is -0.928. The molecule has 0 radical (unpaired) electrons. The molecule has 2 aromatic carbocycles. The summed E-state index contributed by atoms with van der Waals surface area (Å²) in [5, 5.41) is 8.24. The highest BCUT2D eigenvalue weighted by atomic mass is 32.1. The molecule has 6 heteroatoms. The van der Waals surface area contributed by atoms with Gasteiger partial charge in [-0.25, -0.2) is 0 Å². The number of para-hydroxylation sites is 2. The van der Waals surface area contributed by atoms with E-state index < -0.39 is 0 Å². The Labute approximate surface area is 158 Å². The highest BCUT2D eigenvalue weighted by Gasteiger charge is 2.18. The molecule has 0 bridgehead atoms. The van der Waals surface area contributed by atoms with Crippen molar-refractivity contribution < 1.29 is 4.90 Å². The van der Waals surface area contributed by atoms with Crippen LogP contribution in [0.25, 0.3) is 5.69 Å². The number of nitrogens with zero attached hydrogens (tertiary/aromatic N) is 3. The van der Waals surface area contributed by atoms with Gasteiger partial charge in [-0.05, 0) is 55.7 Å². The second-order valence-corrected chi connectivity index (χ2v) is 7.10. The van der Waals surface area contributed by atoms with Crippen molar-refractivity contribution in [1.29, 1.82) is 0 Å². The van der Waals surface area contributed by atoms with Crippen LogP contribution in [-0.2, 0) is 6.67 Å². The van der Waals surface area contributed by atoms with E-state index in [1.165, 1.54) is 32.4 Å². The minimum Gasteiger partial charge on any atom is -0.324 e. The Hall–Kier alpha value is -2.44. The second kappa shape index (κ2) is 7.85. The van der Waals surface area contributed by atoms with E-state index in [0.29, 0.717) is 0 Å². The summed E-state index contributed by atoms with van der Waals surface area (Å²) in [6, 6.07) is 20.3. The van der Waals surface area contributed by atoms with Gasteiger partial charge < -0.3 is 10.2 Å². The Morgan fingerprint density at radius 1 is 0.923 bits per heavy atom. The number of anilines is 2. The molecule has 5 nitrogen and oxygen atoms in total. The van der Waals surface area contributed by atoms with Crippen LogP contribution in [0.5, 0.6) is 0 Å². The van der Waals surface area contributed by atoms with Crippen molar-refractivity contribution in [2.24, 2.45) is 0 Å². The third kappa shape index (κ3) is 3.71. The summed E-state index contributed by atoms with van der Waals surface area (Å²) in [7, 11) is 0. The van der Waals surface area contributed by atoms with E-state index in [2.05, 4.69) is 17.4 Å². The topological polar surface area (TPSA) is 39.2 Å². The molecule has 1 aromatic heterocycles. The molecule has 26 heavy (non-hydrogen) atoms. The van der Waals surface area contributed by atoms with Gasteiger partial charge >= 0.3 is 0 Å². The zero-order valence-electron chi connectivity index (χ0n) is 14.8. The van der Waals surface area contributed by atoms with Crippen LogP contribution in [-0.4, -0.2) is 27.4 Å². The van der Waals surface area contributed by atoms with E-state index in [1.807, 2.05) is 57.8 Å². The molecule has 0 spiro atoms. The van der Waals surface area contributed by atoms with E-state index in [-0.39, 0.29) is 0 Å². The standard InChI is InChI=1S/C20H23N5S/c26-20-24(16-23-14-8-3-9-15-23)22-19(21-17-10-4-1-5-11-17)25(20)18-12-6-2-7-13-18/h1-2,4-7,10-13H,3,8-9,14-16H2,(H,21,22)/p+1. The van der Waals surface area contributed by atoms with Crippen LogP contribution in [0, 0.1) is 4.77 Å². The van der Waals surface area contributed by atoms with Gasteiger partial charge in [0.2, 0.25) is 10.7 Å². The maximum atomic E-state index is 5.79. The molecular formula is C20H24N5S+. The smallest absolute Gasteiger partial charge is 0.232 e. The van der Waals surface area contributed by atoms with Gasteiger partial charge in [-0.3, -0.25) is 4.57 Å². The maximum Gasteiger partial charge on any atom is 0.232 e. The van der Waals surface area contributed by atoms with Crippen LogP contribution >= 0.6 is 12.2 Å². The Kier molecular flexibility index (Phi) is 5.13.